The summed E-state index contributed by atoms with van der Waals surface area (Å²) in [5, 5.41) is 13.1. The molecule has 1 atom stereocenters. The highest BCUT2D eigenvalue weighted by atomic mass is 79.9. The van der Waals surface area contributed by atoms with Gasteiger partial charge in [0.2, 0.25) is 0 Å². The van der Waals surface area contributed by atoms with Crippen molar-refractivity contribution in [1.29, 1.82) is 0 Å². The molecule has 4 nitrogen and oxygen atoms in total. The van der Waals surface area contributed by atoms with Gasteiger partial charge in [-0.1, -0.05) is 28.1 Å². The van der Waals surface area contributed by atoms with Gasteiger partial charge in [-0.15, -0.1) is 0 Å². The summed E-state index contributed by atoms with van der Waals surface area (Å²) in [5.41, 5.74) is 1.76. The Bertz CT molecular complexity index is 496. The summed E-state index contributed by atoms with van der Waals surface area (Å²) < 4.78 is 6.11. The van der Waals surface area contributed by atoms with Crippen molar-refractivity contribution in [2.75, 3.05) is 6.54 Å². The van der Waals surface area contributed by atoms with Crippen LogP contribution in [0.4, 0.5) is 0 Å². The zero-order chi connectivity index (χ0) is 13.0. The van der Waals surface area contributed by atoms with Gasteiger partial charge in [0.1, 0.15) is 5.76 Å². The maximum Gasteiger partial charge on any atom is 0.181 e. The molecular weight excluding hydrogens is 296 g/mol. The van der Waals surface area contributed by atoms with E-state index in [1.807, 2.05) is 31.2 Å². The van der Waals surface area contributed by atoms with Crippen LogP contribution in [0.25, 0.3) is 0 Å². The number of hydrogen-bond donors (Lipinski definition) is 2. The van der Waals surface area contributed by atoms with E-state index in [9.17, 15) is 5.11 Å². The summed E-state index contributed by atoms with van der Waals surface area (Å²) in [6.07, 6.45) is 0.905. The van der Waals surface area contributed by atoms with Crippen LogP contribution in [0.2, 0.25) is 0 Å². The van der Waals surface area contributed by atoms with Crippen LogP contribution >= 0.6 is 15.9 Å². The van der Waals surface area contributed by atoms with Crippen LogP contribution in [0.3, 0.4) is 0 Å². The number of benzene rings is 1. The van der Waals surface area contributed by atoms with Gasteiger partial charge in [-0.05, 0) is 24.6 Å². The standard InChI is InChI=1S/C13H15BrN2O2/c1-9-12(16-8-18-9)6-15-7-13(17)10-2-4-11(14)5-3-10/h2-5,8,13,15,17H,6-7H2,1H3/t13-/m0/s1. The van der Waals surface area contributed by atoms with Gasteiger partial charge in [-0.25, -0.2) is 4.98 Å². The molecule has 1 heterocycles. The van der Waals surface area contributed by atoms with Crippen LogP contribution in [0, 0.1) is 6.92 Å². The van der Waals surface area contributed by atoms with Crippen molar-refractivity contribution in [2.24, 2.45) is 0 Å². The minimum absolute atomic E-state index is 0.480. The quantitative estimate of drug-likeness (QED) is 0.891. The maximum absolute atomic E-state index is 9.99. The fourth-order valence-corrected chi connectivity index (χ4v) is 1.89. The van der Waals surface area contributed by atoms with Crippen LogP contribution in [0.5, 0.6) is 0 Å². The average Bonchev–Trinajstić information content (AvgIpc) is 2.76. The number of rotatable bonds is 5. The monoisotopic (exact) mass is 310 g/mol. The van der Waals surface area contributed by atoms with Gasteiger partial charge in [0.15, 0.2) is 6.39 Å². The van der Waals surface area contributed by atoms with Gasteiger partial charge < -0.3 is 14.8 Å². The number of aliphatic hydroxyl groups is 1. The van der Waals surface area contributed by atoms with E-state index in [0.29, 0.717) is 13.1 Å². The summed E-state index contributed by atoms with van der Waals surface area (Å²) in [7, 11) is 0. The SMILES string of the molecule is Cc1ocnc1CNC[C@H](O)c1ccc(Br)cc1. The third kappa shape index (κ3) is 3.41. The number of nitrogens with zero attached hydrogens (tertiary/aromatic N) is 1. The van der Waals surface area contributed by atoms with Crippen molar-refractivity contribution in [3.05, 3.63) is 52.1 Å². The Kier molecular flexibility index (Phi) is 4.52. The number of oxazole rings is 1. The summed E-state index contributed by atoms with van der Waals surface area (Å²) in [6, 6.07) is 7.64. The van der Waals surface area contributed by atoms with Crippen LogP contribution in [0.15, 0.2) is 39.5 Å². The third-order valence-corrected chi connectivity index (χ3v) is 3.26. The third-order valence-electron chi connectivity index (χ3n) is 2.73. The van der Waals surface area contributed by atoms with Crippen molar-refractivity contribution in [2.45, 2.75) is 19.6 Å². The van der Waals surface area contributed by atoms with Gasteiger partial charge in [0, 0.05) is 17.6 Å². The summed E-state index contributed by atoms with van der Waals surface area (Å²) >= 11 is 3.37. The van der Waals surface area contributed by atoms with Crippen molar-refractivity contribution in [3.63, 3.8) is 0 Å². The molecule has 1 aromatic carbocycles. The van der Waals surface area contributed by atoms with E-state index in [1.54, 1.807) is 0 Å². The Morgan fingerprint density at radius 3 is 2.72 bits per heavy atom. The van der Waals surface area contributed by atoms with Crippen molar-refractivity contribution in [1.82, 2.24) is 10.3 Å². The topological polar surface area (TPSA) is 58.3 Å². The van der Waals surface area contributed by atoms with Crippen molar-refractivity contribution in [3.8, 4) is 0 Å². The van der Waals surface area contributed by atoms with E-state index in [1.165, 1.54) is 6.39 Å². The fourth-order valence-electron chi connectivity index (χ4n) is 1.63. The minimum atomic E-state index is -0.523. The lowest BCUT2D eigenvalue weighted by molar-refractivity contribution is 0.174. The van der Waals surface area contributed by atoms with Crippen LogP contribution in [-0.2, 0) is 6.54 Å². The molecular formula is C13H15BrN2O2. The number of aliphatic hydroxyl groups excluding tert-OH is 1. The molecule has 0 aliphatic rings. The maximum atomic E-state index is 9.99. The smallest absolute Gasteiger partial charge is 0.181 e. The summed E-state index contributed by atoms with van der Waals surface area (Å²) in [4.78, 5) is 4.08. The first-order valence-electron chi connectivity index (χ1n) is 5.70. The summed E-state index contributed by atoms with van der Waals surface area (Å²) in [5.74, 6) is 0.806. The zero-order valence-corrected chi connectivity index (χ0v) is 11.6. The molecule has 0 amide bonds. The second-order valence-corrected chi connectivity index (χ2v) is 4.97. The lowest BCUT2D eigenvalue weighted by atomic mass is 10.1. The second-order valence-electron chi connectivity index (χ2n) is 4.05. The molecule has 96 valence electrons. The average molecular weight is 311 g/mol. The van der Waals surface area contributed by atoms with Crippen LogP contribution in [0.1, 0.15) is 23.1 Å². The summed E-state index contributed by atoms with van der Waals surface area (Å²) in [6.45, 7) is 2.94. The van der Waals surface area contributed by atoms with Crippen LogP contribution < -0.4 is 5.32 Å². The van der Waals surface area contributed by atoms with Gasteiger partial charge in [0.25, 0.3) is 0 Å². The minimum Gasteiger partial charge on any atom is -0.448 e. The lowest BCUT2D eigenvalue weighted by Gasteiger charge is -2.11. The normalized spacial score (nSPS) is 12.6. The molecule has 0 bridgehead atoms. The molecule has 0 fully saturated rings. The molecule has 2 aromatic rings. The van der Waals surface area contributed by atoms with E-state index in [0.717, 1.165) is 21.5 Å². The van der Waals surface area contributed by atoms with Crippen molar-refractivity contribution >= 4 is 15.9 Å². The number of hydrogen-bond acceptors (Lipinski definition) is 4. The Morgan fingerprint density at radius 2 is 2.11 bits per heavy atom. The van der Waals surface area contributed by atoms with Crippen LogP contribution in [-0.4, -0.2) is 16.6 Å². The van der Waals surface area contributed by atoms with Crippen molar-refractivity contribution < 1.29 is 9.52 Å². The molecule has 0 spiro atoms. The highest BCUT2D eigenvalue weighted by molar-refractivity contribution is 9.10. The molecule has 18 heavy (non-hydrogen) atoms. The van der Waals surface area contributed by atoms with E-state index in [4.69, 9.17) is 4.42 Å². The molecule has 0 aliphatic heterocycles. The Labute approximate surface area is 114 Å². The van der Waals surface area contributed by atoms with Gasteiger partial charge >= 0.3 is 0 Å². The number of halogens is 1. The second kappa shape index (κ2) is 6.13. The van der Waals surface area contributed by atoms with E-state index >= 15 is 0 Å². The molecule has 0 saturated heterocycles. The molecule has 1 aromatic heterocycles. The number of nitrogens with one attached hydrogen (secondary N) is 1. The van der Waals surface area contributed by atoms with Gasteiger partial charge in [-0.2, -0.15) is 0 Å². The molecule has 0 aliphatic carbocycles. The number of aromatic nitrogens is 1. The van der Waals surface area contributed by atoms with Gasteiger partial charge in [0.05, 0.1) is 11.8 Å². The van der Waals surface area contributed by atoms with E-state index in [-0.39, 0.29) is 0 Å². The molecule has 0 saturated carbocycles. The molecule has 2 rings (SSSR count). The first kappa shape index (κ1) is 13.3. The largest absolute Gasteiger partial charge is 0.448 e. The molecule has 5 heteroatoms. The molecule has 0 unspecified atom stereocenters. The predicted molar refractivity (Wildman–Crippen MR) is 72.0 cm³/mol. The van der Waals surface area contributed by atoms with Gasteiger partial charge in [-0.3, -0.25) is 0 Å². The lowest BCUT2D eigenvalue weighted by Crippen LogP contribution is -2.21. The fraction of sp³-hybridized carbons (Fsp3) is 0.308. The molecule has 2 N–H and O–H groups in total. The Hall–Kier alpha value is -1.17. The Morgan fingerprint density at radius 1 is 1.39 bits per heavy atom. The number of aryl methyl sites for hydroxylation is 1. The zero-order valence-electron chi connectivity index (χ0n) is 10.1. The highest BCUT2D eigenvalue weighted by Gasteiger charge is 2.08. The molecule has 0 radical (unpaired) electrons. The van der Waals surface area contributed by atoms with E-state index in [2.05, 4.69) is 26.2 Å². The van der Waals surface area contributed by atoms with E-state index < -0.39 is 6.10 Å². The first-order valence-corrected chi connectivity index (χ1v) is 6.49. The predicted octanol–water partition coefficient (Wildman–Crippen LogP) is 2.57. The Balaban J connectivity index is 1.83. The first-order chi connectivity index (χ1) is 8.66. The highest BCUT2D eigenvalue weighted by Crippen LogP contribution is 2.16.